The predicted octanol–water partition coefficient (Wildman–Crippen LogP) is 4.32. The van der Waals surface area contributed by atoms with Crippen LogP contribution >= 0.6 is 0 Å². The van der Waals surface area contributed by atoms with Crippen LogP contribution in [0.5, 0.6) is 0 Å². The molecule has 2 amide bonds. The number of benzene rings is 2. The average molecular weight is 404 g/mol. The molecule has 0 spiro atoms. The van der Waals surface area contributed by atoms with E-state index in [1.807, 2.05) is 48.5 Å². The monoisotopic (exact) mass is 403 g/mol. The van der Waals surface area contributed by atoms with Crippen molar-refractivity contribution < 1.29 is 9.59 Å². The zero-order valence-electron chi connectivity index (χ0n) is 17.5. The number of rotatable bonds is 8. The van der Waals surface area contributed by atoms with Gasteiger partial charge in [0.25, 0.3) is 0 Å². The van der Waals surface area contributed by atoms with Gasteiger partial charge in [0, 0.05) is 19.0 Å². The van der Waals surface area contributed by atoms with Crippen LogP contribution in [0.3, 0.4) is 0 Å². The van der Waals surface area contributed by atoms with Gasteiger partial charge < -0.3 is 10.6 Å². The first-order valence-corrected chi connectivity index (χ1v) is 10.8. The van der Waals surface area contributed by atoms with Crippen LogP contribution in [0.25, 0.3) is 11.1 Å². The van der Waals surface area contributed by atoms with E-state index in [4.69, 9.17) is 0 Å². The highest BCUT2D eigenvalue weighted by Crippen LogP contribution is 2.27. The normalized spacial score (nSPS) is 17.9. The number of carbonyl (C=O) groups is 2. The van der Waals surface area contributed by atoms with Crippen molar-refractivity contribution in [3.05, 3.63) is 59.7 Å². The van der Waals surface area contributed by atoms with Gasteiger partial charge in [-0.15, -0.1) is 0 Å². The highest BCUT2D eigenvalue weighted by molar-refractivity contribution is 5.82. The lowest BCUT2D eigenvalue weighted by molar-refractivity contribution is -0.126. The van der Waals surface area contributed by atoms with Crippen LogP contribution in [0.2, 0.25) is 0 Å². The summed E-state index contributed by atoms with van der Waals surface area (Å²) in [5.74, 6) is -0.176. The van der Waals surface area contributed by atoms with E-state index in [-0.39, 0.29) is 23.8 Å². The van der Waals surface area contributed by atoms with Gasteiger partial charge in [-0.3, -0.25) is 9.59 Å². The molecule has 0 bridgehead atoms. The summed E-state index contributed by atoms with van der Waals surface area (Å²) in [5.41, 5.74) is 3.37. The molecule has 30 heavy (non-hydrogen) atoms. The van der Waals surface area contributed by atoms with E-state index in [0.717, 1.165) is 48.8 Å². The maximum absolute atomic E-state index is 12.7. The summed E-state index contributed by atoms with van der Waals surface area (Å²) < 4.78 is 0. The summed E-state index contributed by atoms with van der Waals surface area (Å²) in [6.07, 6.45) is 4.96. The van der Waals surface area contributed by atoms with Gasteiger partial charge in [0.1, 0.15) is 0 Å². The lowest BCUT2D eigenvalue weighted by Gasteiger charge is -2.20. The maximum Gasteiger partial charge on any atom is 0.225 e. The zero-order chi connectivity index (χ0) is 21.3. The number of nitrogens with one attached hydrogen (secondary N) is 2. The summed E-state index contributed by atoms with van der Waals surface area (Å²) in [6, 6.07) is 17.7. The molecule has 0 aromatic heterocycles. The van der Waals surface area contributed by atoms with Gasteiger partial charge in [-0.25, -0.2) is 0 Å². The third-order valence-electron chi connectivity index (χ3n) is 5.71. The summed E-state index contributed by atoms with van der Waals surface area (Å²) in [6.45, 7) is 2.43. The van der Waals surface area contributed by atoms with Crippen LogP contribution in [0.1, 0.15) is 56.6 Å². The largest absolute Gasteiger partial charge is 0.353 e. The standard InChI is InChI=1S/C25H29N3O2/c1-2-3-12-24(29)28-23-11-7-10-22(23)25(30)27-17-18-13-14-21(20(15-18)16-26)19-8-5-4-6-9-19/h4-6,8-9,13-15,22-23H,2-3,7,10-12,17H2,1H3,(H,27,30)(H,28,29). The third kappa shape index (κ3) is 5.48. The summed E-state index contributed by atoms with van der Waals surface area (Å²) in [5, 5.41) is 15.6. The Hall–Kier alpha value is -3.13. The fraction of sp³-hybridized carbons (Fsp3) is 0.400. The average Bonchev–Trinajstić information content (AvgIpc) is 3.24. The third-order valence-corrected chi connectivity index (χ3v) is 5.71. The molecule has 0 saturated heterocycles. The molecule has 1 aliphatic rings. The van der Waals surface area contributed by atoms with Crippen LogP contribution in [-0.2, 0) is 16.1 Å². The van der Waals surface area contributed by atoms with E-state index in [2.05, 4.69) is 23.6 Å². The Morgan fingerprint density at radius 2 is 1.93 bits per heavy atom. The first-order chi connectivity index (χ1) is 14.6. The van der Waals surface area contributed by atoms with Gasteiger partial charge in [0.15, 0.2) is 0 Å². The van der Waals surface area contributed by atoms with Crippen molar-refractivity contribution in [2.45, 2.75) is 58.0 Å². The highest BCUT2D eigenvalue weighted by Gasteiger charge is 2.33. The molecule has 2 atom stereocenters. The number of nitrogens with zero attached hydrogens (tertiary/aromatic N) is 1. The van der Waals surface area contributed by atoms with Gasteiger partial charge in [-0.2, -0.15) is 5.26 Å². The van der Waals surface area contributed by atoms with E-state index in [1.54, 1.807) is 0 Å². The van der Waals surface area contributed by atoms with Crippen molar-refractivity contribution in [3.63, 3.8) is 0 Å². The van der Waals surface area contributed by atoms with Crippen molar-refractivity contribution >= 4 is 11.8 Å². The molecule has 0 heterocycles. The van der Waals surface area contributed by atoms with E-state index < -0.39 is 0 Å². The molecule has 1 fully saturated rings. The number of amides is 2. The van der Waals surface area contributed by atoms with Crippen LogP contribution < -0.4 is 10.6 Å². The molecule has 1 saturated carbocycles. The Morgan fingerprint density at radius 3 is 2.67 bits per heavy atom. The summed E-state index contributed by atoms with van der Waals surface area (Å²) in [4.78, 5) is 24.8. The minimum absolute atomic E-state index is 0.0288. The first-order valence-electron chi connectivity index (χ1n) is 10.8. The van der Waals surface area contributed by atoms with Crippen LogP contribution in [0.4, 0.5) is 0 Å². The fourth-order valence-electron chi connectivity index (χ4n) is 4.05. The molecular weight excluding hydrogens is 374 g/mol. The number of carbonyl (C=O) groups excluding carboxylic acids is 2. The molecule has 2 N–H and O–H groups in total. The highest BCUT2D eigenvalue weighted by atomic mass is 16.2. The van der Waals surface area contributed by atoms with Gasteiger partial charge in [-0.1, -0.05) is 62.2 Å². The van der Waals surface area contributed by atoms with E-state index in [9.17, 15) is 14.9 Å². The number of hydrogen-bond acceptors (Lipinski definition) is 3. The smallest absolute Gasteiger partial charge is 0.225 e. The molecule has 0 aliphatic heterocycles. The minimum Gasteiger partial charge on any atom is -0.353 e. The van der Waals surface area contributed by atoms with E-state index in [0.29, 0.717) is 18.5 Å². The topological polar surface area (TPSA) is 82.0 Å². The Kier molecular flexibility index (Phi) is 7.62. The van der Waals surface area contributed by atoms with Crippen molar-refractivity contribution in [2.75, 3.05) is 0 Å². The second-order valence-electron chi connectivity index (χ2n) is 7.89. The molecule has 156 valence electrons. The Labute approximate surface area is 178 Å². The lowest BCUT2D eigenvalue weighted by Crippen LogP contribution is -2.43. The molecule has 0 radical (unpaired) electrons. The maximum atomic E-state index is 12.7. The second-order valence-corrected chi connectivity index (χ2v) is 7.89. The van der Waals surface area contributed by atoms with Crippen LogP contribution in [0.15, 0.2) is 48.5 Å². The lowest BCUT2D eigenvalue weighted by atomic mass is 9.98. The quantitative estimate of drug-likeness (QED) is 0.689. The molecule has 2 unspecified atom stereocenters. The zero-order valence-corrected chi connectivity index (χ0v) is 17.5. The molecule has 3 rings (SSSR count). The second kappa shape index (κ2) is 10.6. The summed E-state index contributed by atoms with van der Waals surface area (Å²) >= 11 is 0. The predicted molar refractivity (Wildman–Crippen MR) is 117 cm³/mol. The molecule has 5 heteroatoms. The SMILES string of the molecule is CCCCC(=O)NC1CCCC1C(=O)NCc1ccc(-c2ccccc2)c(C#N)c1. The first kappa shape index (κ1) is 21.6. The minimum atomic E-state index is -0.186. The molecule has 2 aromatic rings. The van der Waals surface area contributed by atoms with Gasteiger partial charge in [-0.05, 0) is 42.0 Å². The Bertz CT molecular complexity index is 918. The molecule has 5 nitrogen and oxygen atoms in total. The van der Waals surface area contributed by atoms with Crippen molar-refractivity contribution in [1.29, 1.82) is 5.26 Å². The van der Waals surface area contributed by atoms with Gasteiger partial charge in [0.2, 0.25) is 11.8 Å². The van der Waals surface area contributed by atoms with Gasteiger partial charge >= 0.3 is 0 Å². The fourth-order valence-corrected chi connectivity index (χ4v) is 4.05. The van der Waals surface area contributed by atoms with Crippen molar-refractivity contribution in [3.8, 4) is 17.2 Å². The molecule has 2 aromatic carbocycles. The Morgan fingerprint density at radius 1 is 1.13 bits per heavy atom. The summed E-state index contributed by atoms with van der Waals surface area (Å²) in [7, 11) is 0. The number of nitriles is 1. The van der Waals surface area contributed by atoms with Crippen LogP contribution in [0, 0.1) is 17.2 Å². The molecular formula is C25H29N3O2. The van der Waals surface area contributed by atoms with E-state index >= 15 is 0 Å². The van der Waals surface area contributed by atoms with Crippen LogP contribution in [-0.4, -0.2) is 17.9 Å². The Balaban J connectivity index is 1.60. The number of hydrogen-bond donors (Lipinski definition) is 2. The van der Waals surface area contributed by atoms with Crippen molar-refractivity contribution in [1.82, 2.24) is 10.6 Å². The van der Waals surface area contributed by atoms with E-state index in [1.165, 1.54) is 0 Å². The number of unbranched alkanes of at least 4 members (excludes halogenated alkanes) is 1. The van der Waals surface area contributed by atoms with Crippen molar-refractivity contribution in [2.24, 2.45) is 5.92 Å². The van der Waals surface area contributed by atoms with Gasteiger partial charge in [0.05, 0.1) is 17.6 Å². The molecule has 1 aliphatic carbocycles.